The van der Waals surface area contributed by atoms with E-state index in [-0.39, 0.29) is 12.5 Å². The van der Waals surface area contributed by atoms with E-state index in [1.807, 2.05) is 57.2 Å². The molecule has 1 aromatic heterocycles. The standard InChI is InChI=1S/C28H32ClN7O2/c1-5-19-8-7-9-22-25(19)38-28(34-22)36-27-33-17(4)23(26(37)32-15-18(13-30)14-31-6-2)24(35-27)20-11-10-16(3)12-21(20)29/h7-14,24H,5-6,15,30H2,1-4H3,(H,32,37)(H2,33,34,35,36). The van der Waals surface area contributed by atoms with E-state index in [4.69, 9.17) is 26.7 Å². The molecule has 2 aromatic carbocycles. The second-order valence-corrected chi connectivity index (χ2v) is 9.29. The van der Waals surface area contributed by atoms with Crippen molar-refractivity contribution in [1.29, 1.82) is 0 Å². The number of para-hydroxylation sites is 1. The van der Waals surface area contributed by atoms with Crippen LogP contribution in [0.5, 0.6) is 0 Å². The lowest BCUT2D eigenvalue weighted by Gasteiger charge is -2.27. The van der Waals surface area contributed by atoms with Crippen LogP contribution >= 0.6 is 11.6 Å². The van der Waals surface area contributed by atoms with Crippen LogP contribution in [0.25, 0.3) is 11.1 Å². The van der Waals surface area contributed by atoms with Crippen molar-refractivity contribution in [2.24, 2.45) is 15.7 Å². The number of aromatic nitrogens is 1. The van der Waals surface area contributed by atoms with Gasteiger partial charge in [-0.15, -0.1) is 0 Å². The van der Waals surface area contributed by atoms with Crippen LogP contribution in [0.1, 0.15) is 43.5 Å². The maximum Gasteiger partial charge on any atom is 0.302 e. The summed E-state index contributed by atoms with van der Waals surface area (Å²) in [6.45, 7) is 8.61. The van der Waals surface area contributed by atoms with Crippen LogP contribution in [0, 0.1) is 6.92 Å². The molecule has 1 aliphatic rings. The summed E-state index contributed by atoms with van der Waals surface area (Å²) in [7, 11) is 0. The van der Waals surface area contributed by atoms with E-state index in [1.165, 1.54) is 6.20 Å². The molecule has 1 amide bonds. The van der Waals surface area contributed by atoms with E-state index in [0.29, 0.717) is 45.9 Å². The number of anilines is 1. The molecule has 0 spiro atoms. The van der Waals surface area contributed by atoms with E-state index < -0.39 is 6.04 Å². The number of halogens is 1. The number of guanidine groups is 1. The molecule has 38 heavy (non-hydrogen) atoms. The normalized spacial score (nSPS) is 16.1. The number of nitrogens with zero attached hydrogens (tertiary/aromatic N) is 3. The van der Waals surface area contributed by atoms with Gasteiger partial charge in [-0.25, -0.2) is 4.99 Å². The highest BCUT2D eigenvalue weighted by Gasteiger charge is 2.31. The van der Waals surface area contributed by atoms with Gasteiger partial charge in [0.05, 0.1) is 5.57 Å². The summed E-state index contributed by atoms with van der Waals surface area (Å²) in [5.41, 5.74) is 11.7. The summed E-state index contributed by atoms with van der Waals surface area (Å²) in [6, 6.07) is 11.2. The molecule has 1 unspecified atom stereocenters. The van der Waals surface area contributed by atoms with Gasteiger partial charge in [-0.3, -0.25) is 15.1 Å². The molecule has 0 fully saturated rings. The zero-order valence-electron chi connectivity index (χ0n) is 21.9. The van der Waals surface area contributed by atoms with Gasteiger partial charge in [-0.1, -0.05) is 42.8 Å². The molecule has 4 rings (SSSR count). The average Bonchev–Trinajstić information content (AvgIpc) is 3.31. The largest absolute Gasteiger partial charge is 0.423 e. The van der Waals surface area contributed by atoms with Crippen LogP contribution in [0.4, 0.5) is 6.01 Å². The smallest absolute Gasteiger partial charge is 0.302 e. The van der Waals surface area contributed by atoms with Crippen LogP contribution in [0.3, 0.4) is 0 Å². The number of nitrogens with one attached hydrogen (secondary N) is 3. The fourth-order valence-electron chi connectivity index (χ4n) is 4.19. The summed E-state index contributed by atoms with van der Waals surface area (Å²) in [4.78, 5) is 27.0. The molecule has 198 valence electrons. The lowest BCUT2D eigenvalue weighted by atomic mass is 9.95. The Bertz CT molecular complexity index is 1470. The molecule has 1 aliphatic heterocycles. The Kier molecular flexibility index (Phi) is 8.48. The number of hydrogen-bond donors (Lipinski definition) is 4. The third kappa shape index (κ3) is 5.89. The number of nitrogens with two attached hydrogens (primary N) is 1. The topological polar surface area (TPSA) is 130 Å². The summed E-state index contributed by atoms with van der Waals surface area (Å²) in [5.74, 6) is 0.0982. The number of rotatable bonds is 8. The number of carbonyl (C=O) groups excluding carboxylic acids is 1. The third-order valence-corrected chi connectivity index (χ3v) is 6.47. The maximum absolute atomic E-state index is 13.4. The van der Waals surface area contributed by atoms with Crippen molar-refractivity contribution < 1.29 is 9.21 Å². The third-order valence-electron chi connectivity index (χ3n) is 6.15. The number of carbonyl (C=O) groups is 1. The van der Waals surface area contributed by atoms with Crippen LogP contribution in [-0.4, -0.2) is 36.2 Å². The molecular weight excluding hydrogens is 502 g/mol. The number of benzene rings is 2. The van der Waals surface area contributed by atoms with Crippen molar-refractivity contribution in [1.82, 2.24) is 15.6 Å². The van der Waals surface area contributed by atoms with Crippen molar-refractivity contribution in [3.8, 4) is 0 Å². The van der Waals surface area contributed by atoms with E-state index in [1.54, 1.807) is 6.21 Å². The summed E-state index contributed by atoms with van der Waals surface area (Å²) >= 11 is 6.64. The fourth-order valence-corrected chi connectivity index (χ4v) is 4.52. The van der Waals surface area contributed by atoms with Gasteiger partial charge in [0.2, 0.25) is 5.96 Å². The molecule has 0 saturated heterocycles. The number of allylic oxidation sites excluding steroid dienone is 1. The highest BCUT2D eigenvalue weighted by molar-refractivity contribution is 6.31. The number of fused-ring (bicyclic) bond motifs is 1. The number of hydrogen-bond acceptors (Lipinski definition) is 8. The van der Waals surface area contributed by atoms with E-state index in [0.717, 1.165) is 28.6 Å². The zero-order valence-corrected chi connectivity index (χ0v) is 22.7. The van der Waals surface area contributed by atoms with Gasteiger partial charge in [0.25, 0.3) is 5.91 Å². The molecule has 0 bridgehead atoms. The number of aryl methyl sites for hydroxylation is 2. The van der Waals surface area contributed by atoms with Crippen molar-refractivity contribution in [2.75, 3.05) is 18.4 Å². The predicted octanol–water partition coefficient (Wildman–Crippen LogP) is 4.79. The number of oxazole rings is 1. The lowest BCUT2D eigenvalue weighted by molar-refractivity contribution is -0.117. The van der Waals surface area contributed by atoms with Crippen LogP contribution in [0.15, 0.2) is 73.8 Å². The van der Waals surface area contributed by atoms with Gasteiger partial charge in [0.1, 0.15) is 11.6 Å². The predicted molar refractivity (Wildman–Crippen MR) is 154 cm³/mol. The monoisotopic (exact) mass is 533 g/mol. The Hall–Kier alpha value is -4.11. The van der Waals surface area contributed by atoms with E-state index >= 15 is 0 Å². The number of aliphatic imine (C=N–C) groups is 2. The zero-order chi connectivity index (χ0) is 27.2. The average molecular weight is 534 g/mol. The first-order valence-electron chi connectivity index (χ1n) is 12.5. The minimum absolute atomic E-state index is 0.224. The van der Waals surface area contributed by atoms with Crippen molar-refractivity contribution >= 4 is 46.8 Å². The molecular formula is C28H32ClN7O2. The molecule has 0 saturated carbocycles. The maximum atomic E-state index is 13.4. The molecule has 5 N–H and O–H groups in total. The van der Waals surface area contributed by atoms with Gasteiger partial charge in [0.15, 0.2) is 5.58 Å². The minimum Gasteiger partial charge on any atom is -0.423 e. The first kappa shape index (κ1) is 26.9. The van der Waals surface area contributed by atoms with Crippen LogP contribution in [-0.2, 0) is 11.2 Å². The highest BCUT2D eigenvalue weighted by Crippen LogP contribution is 2.35. The van der Waals surface area contributed by atoms with Crippen molar-refractivity contribution in [3.63, 3.8) is 0 Å². The van der Waals surface area contributed by atoms with Gasteiger partial charge >= 0.3 is 6.01 Å². The van der Waals surface area contributed by atoms with Gasteiger partial charge in [-0.2, -0.15) is 4.98 Å². The van der Waals surface area contributed by atoms with Gasteiger partial charge < -0.3 is 20.8 Å². The summed E-state index contributed by atoms with van der Waals surface area (Å²) in [6.07, 6.45) is 3.91. The Labute approximate surface area is 227 Å². The van der Waals surface area contributed by atoms with Crippen LogP contribution in [0.2, 0.25) is 5.02 Å². The Balaban J connectivity index is 1.66. The van der Waals surface area contributed by atoms with Gasteiger partial charge in [0, 0.05) is 47.4 Å². The molecule has 10 heteroatoms. The minimum atomic E-state index is -0.669. The lowest BCUT2D eigenvalue weighted by Crippen LogP contribution is -2.39. The fraction of sp³-hybridized carbons (Fsp3) is 0.286. The molecule has 0 aliphatic carbocycles. The number of amides is 1. The Morgan fingerprint density at radius 2 is 2.08 bits per heavy atom. The molecule has 9 nitrogen and oxygen atoms in total. The highest BCUT2D eigenvalue weighted by atomic mass is 35.5. The Morgan fingerprint density at radius 1 is 1.26 bits per heavy atom. The summed E-state index contributed by atoms with van der Waals surface area (Å²) < 4.78 is 6.00. The second kappa shape index (κ2) is 12.0. The molecule has 1 atom stereocenters. The van der Waals surface area contributed by atoms with E-state index in [2.05, 4.69) is 32.9 Å². The van der Waals surface area contributed by atoms with Crippen molar-refractivity contribution in [2.45, 2.75) is 40.2 Å². The second-order valence-electron chi connectivity index (χ2n) is 8.88. The molecule has 0 radical (unpaired) electrons. The van der Waals surface area contributed by atoms with Crippen molar-refractivity contribution in [3.05, 3.63) is 81.2 Å². The first-order chi connectivity index (χ1) is 18.3. The molecule has 3 aromatic rings. The van der Waals surface area contributed by atoms with Gasteiger partial charge in [-0.05, 0) is 50.5 Å². The summed E-state index contributed by atoms with van der Waals surface area (Å²) in [5, 5.41) is 9.76. The first-order valence-corrected chi connectivity index (χ1v) is 12.9. The van der Waals surface area contributed by atoms with Crippen LogP contribution < -0.4 is 21.7 Å². The Morgan fingerprint density at radius 3 is 2.79 bits per heavy atom. The SMILES string of the molecule is CCN=CC(=CN)CNC(=O)C1=C(C)NC(Nc2nc3cccc(CC)c3o2)=NC1c1ccc(C)cc1Cl. The molecule has 2 heterocycles. The quantitative estimate of drug-likeness (QED) is 0.308. The van der Waals surface area contributed by atoms with E-state index in [9.17, 15) is 4.79 Å².